The number of benzene rings is 1. The molecule has 2 saturated heterocycles. The van der Waals surface area contributed by atoms with E-state index in [-0.39, 0.29) is 23.0 Å². The second kappa shape index (κ2) is 10.1. The summed E-state index contributed by atoms with van der Waals surface area (Å²) in [4.78, 5) is 25.3. The topological polar surface area (TPSA) is 61.4 Å². The lowest BCUT2D eigenvalue weighted by atomic mass is 9.97. The van der Waals surface area contributed by atoms with Crippen molar-refractivity contribution < 1.29 is 22.4 Å². The van der Waals surface area contributed by atoms with Gasteiger partial charge in [-0.1, -0.05) is 23.7 Å². The third-order valence-corrected chi connectivity index (χ3v) is 7.56. The molecular formula is C25H26ClF4N5O. The second-order valence-electron chi connectivity index (χ2n) is 9.51. The van der Waals surface area contributed by atoms with E-state index in [2.05, 4.69) is 20.2 Å². The van der Waals surface area contributed by atoms with Crippen molar-refractivity contribution >= 4 is 23.1 Å². The lowest BCUT2D eigenvalue weighted by Crippen LogP contribution is -2.54. The van der Waals surface area contributed by atoms with Crippen LogP contribution in [0.15, 0.2) is 36.7 Å². The maximum Gasteiger partial charge on any atom is 0.417 e. The Kier molecular flexibility index (Phi) is 7.02. The fraction of sp³-hybridized carbons (Fsp3) is 0.480. The van der Waals surface area contributed by atoms with Crippen molar-refractivity contribution in [3.8, 4) is 0 Å². The first-order valence-electron chi connectivity index (χ1n) is 12.0. The number of rotatable bonds is 5. The Morgan fingerprint density at radius 3 is 2.67 bits per heavy atom. The number of piperazine rings is 1. The lowest BCUT2D eigenvalue weighted by molar-refractivity contribution is -0.137. The molecule has 1 N–H and O–H groups in total. The molecule has 3 unspecified atom stereocenters. The van der Waals surface area contributed by atoms with Crippen molar-refractivity contribution in [3.05, 3.63) is 64.5 Å². The van der Waals surface area contributed by atoms with E-state index in [0.717, 1.165) is 31.0 Å². The quantitative estimate of drug-likeness (QED) is 0.586. The van der Waals surface area contributed by atoms with E-state index in [9.17, 15) is 22.4 Å². The fourth-order valence-corrected chi connectivity index (χ4v) is 5.67. The predicted octanol–water partition coefficient (Wildman–Crippen LogP) is 4.47. The van der Waals surface area contributed by atoms with Gasteiger partial charge < -0.3 is 10.2 Å². The summed E-state index contributed by atoms with van der Waals surface area (Å²) in [5.74, 6) is 0.0507. The van der Waals surface area contributed by atoms with Gasteiger partial charge >= 0.3 is 6.18 Å². The molecule has 5 rings (SSSR count). The van der Waals surface area contributed by atoms with Gasteiger partial charge in [-0.05, 0) is 42.5 Å². The van der Waals surface area contributed by atoms with Crippen molar-refractivity contribution in [1.29, 1.82) is 0 Å². The van der Waals surface area contributed by atoms with Crippen LogP contribution in [0, 0.1) is 5.82 Å². The molecule has 2 aromatic rings. The molecule has 4 heterocycles. The molecule has 0 aliphatic carbocycles. The highest BCUT2D eigenvalue weighted by Crippen LogP contribution is 2.37. The number of halogens is 5. The minimum absolute atomic E-state index is 0.0120. The fourth-order valence-electron chi connectivity index (χ4n) is 5.44. The summed E-state index contributed by atoms with van der Waals surface area (Å²) in [6.45, 7) is 2.07. The third kappa shape index (κ3) is 5.26. The summed E-state index contributed by atoms with van der Waals surface area (Å²) in [5, 5.41) is 3.25. The van der Waals surface area contributed by atoms with Gasteiger partial charge in [-0.25, -0.2) is 14.4 Å². The molecule has 2 fully saturated rings. The first kappa shape index (κ1) is 25.1. The van der Waals surface area contributed by atoms with Crippen LogP contribution in [0.5, 0.6) is 0 Å². The summed E-state index contributed by atoms with van der Waals surface area (Å²) < 4.78 is 53.0. The Hall–Kier alpha value is -2.56. The molecule has 1 amide bonds. The van der Waals surface area contributed by atoms with Crippen molar-refractivity contribution in [2.75, 3.05) is 26.2 Å². The zero-order chi connectivity index (χ0) is 25.4. The van der Waals surface area contributed by atoms with E-state index < -0.39 is 17.6 Å². The predicted molar refractivity (Wildman–Crippen MR) is 126 cm³/mol. The Balaban J connectivity index is 1.22. The van der Waals surface area contributed by atoms with Crippen LogP contribution in [-0.4, -0.2) is 63.9 Å². The zero-order valence-electron chi connectivity index (χ0n) is 19.4. The number of carbonyl (C=O) groups excluding carboxylic acids is 1. The van der Waals surface area contributed by atoms with Crippen LogP contribution in [0.2, 0.25) is 5.02 Å². The largest absolute Gasteiger partial charge is 0.417 e. The van der Waals surface area contributed by atoms with Crippen LogP contribution in [0.3, 0.4) is 0 Å². The molecule has 36 heavy (non-hydrogen) atoms. The van der Waals surface area contributed by atoms with Crippen LogP contribution in [0.1, 0.15) is 48.7 Å². The van der Waals surface area contributed by atoms with Crippen molar-refractivity contribution in [2.24, 2.45) is 0 Å². The molecule has 3 aliphatic rings. The van der Waals surface area contributed by atoms with Gasteiger partial charge in [-0.2, -0.15) is 13.2 Å². The number of carbonyl (C=O) groups is 1. The monoisotopic (exact) mass is 523 g/mol. The maximum atomic E-state index is 13.4. The van der Waals surface area contributed by atoms with Crippen LogP contribution in [0.25, 0.3) is 5.57 Å². The Morgan fingerprint density at radius 2 is 1.97 bits per heavy atom. The number of alkyl halides is 3. The first-order valence-corrected chi connectivity index (χ1v) is 12.4. The highest BCUT2D eigenvalue weighted by Gasteiger charge is 2.42. The summed E-state index contributed by atoms with van der Waals surface area (Å²) in [6, 6.07) is 4.30. The molecule has 0 spiro atoms. The molecule has 6 nitrogen and oxygen atoms in total. The SMILES string of the molecule is O=C(CCN1CC2CCC(N2)C1c1ncc(F)cn1)N1CC=C(c2ccc(Cl)c(C(F)(F)F)c2)CC1. The molecule has 3 atom stereocenters. The maximum absolute atomic E-state index is 13.4. The van der Waals surface area contributed by atoms with E-state index in [4.69, 9.17) is 11.6 Å². The molecule has 2 bridgehead atoms. The molecule has 11 heteroatoms. The number of aromatic nitrogens is 2. The summed E-state index contributed by atoms with van der Waals surface area (Å²) in [5.41, 5.74) is 0.386. The molecule has 3 aliphatic heterocycles. The average molecular weight is 524 g/mol. The van der Waals surface area contributed by atoms with Gasteiger partial charge in [0.05, 0.1) is 29.0 Å². The number of hydrogen-bond acceptors (Lipinski definition) is 5. The van der Waals surface area contributed by atoms with E-state index >= 15 is 0 Å². The molecule has 1 aromatic carbocycles. The van der Waals surface area contributed by atoms with E-state index in [1.807, 2.05) is 6.08 Å². The molecule has 0 radical (unpaired) electrons. The van der Waals surface area contributed by atoms with Gasteiger partial charge in [-0.15, -0.1) is 0 Å². The van der Waals surface area contributed by atoms with Gasteiger partial charge in [-0.3, -0.25) is 9.69 Å². The highest BCUT2D eigenvalue weighted by molar-refractivity contribution is 6.31. The number of fused-ring (bicyclic) bond motifs is 2. The van der Waals surface area contributed by atoms with Gasteiger partial charge in [0.25, 0.3) is 0 Å². The van der Waals surface area contributed by atoms with Gasteiger partial charge in [0.2, 0.25) is 5.91 Å². The highest BCUT2D eigenvalue weighted by atomic mass is 35.5. The Labute approximate surface area is 211 Å². The first-order chi connectivity index (χ1) is 17.2. The lowest BCUT2D eigenvalue weighted by Gasteiger charge is -2.40. The zero-order valence-corrected chi connectivity index (χ0v) is 20.2. The number of amides is 1. The van der Waals surface area contributed by atoms with Crippen LogP contribution in [-0.2, 0) is 11.0 Å². The third-order valence-electron chi connectivity index (χ3n) is 7.23. The van der Waals surface area contributed by atoms with Gasteiger partial charge in [0, 0.05) is 44.7 Å². The number of nitrogens with zero attached hydrogens (tertiary/aromatic N) is 4. The van der Waals surface area contributed by atoms with Crippen molar-refractivity contribution in [1.82, 2.24) is 25.1 Å². The summed E-state index contributed by atoms with van der Waals surface area (Å²) in [6.07, 6.45) is 2.41. The minimum atomic E-state index is -4.52. The van der Waals surface area contributed by atoms with Crippen molar-refractivity contribution in [3.63, 3.8) is 0 Å². The Bertz CT molecular complexity index is 1160. The number of hydrogen-bond donors (Lipinski definition) is 1. The number of likely N-dealkylation sites (tertiary alicyclic amines) is 1. The molecular weight excluding hydrogens is 498 g/mol. The van der Waals surface area contributed by atoms with E-state index in [1.54, 1.807) is 11.0 Å². The summed E-state index contributed by atoms with van der Waals surface area (Å²) in [7, 11) is 0. The smallest absolute Gasteiger partial charge is 0.339 e. The normalized spacial score (nSPS) is 24.6. The second-order valence-corrected chi connectivity index (χ2v) is 9.92. The van der Waals surface area contributed by atoms with Crippen LogP contribution >= 0.6 is 11.6 Å². The summed E-state index contributed by atoms with van der Waals surface area (Å²) >= 11 is 5.74. The minimum Gasteiger partial charge on any atom is -0.339 e. The van der Waals surface area contributed by atoms with Gasteiger partial charge in [0.1, 0.15) is 5.82 Å². The van der Waals surface area contributed by atoms with E-state index in [0.29, 0.717) is 49.9 Å². The van der Waals surface area contributed by atoms with Crippen LogP contribution in [0.4, 0.5) is 17.6 Å². The van der Waals surface area contributed by atoms with E-state index in [1.165, 1.54) is 18.5 Å². The average Bonchev–Trinajstić information content (AvgIpc) is 3.24. The molecule has 192 valence electrons. The van der Waals surface area contributed by atoms with Crippen molar-refractivity contribution in [2.45, 2.75) is 50.0 Å². The molecule has 0 saturated carbocycles. The van der Waals surface area contributed by atoms with Gasteiger partial charge in [0.15, 0.2) is 5.82 Å². The Morgan fingerprint density at radius 1 is 1.19 bits per heavy atom. The standard InChI is InChI=1S/C25H26ClF4N5O/c26-20-3-1-16(11-19(20)25(28,29)30)15-5-8-34(9-6-15)22(36)7-10-35-14-18-2-4-21(33-18)23(35)24-31-12-17(27)13-32-24/h1,3,5,11-13,18,21,23,33H,2,4,6-10,14H2. The van der Waals surface area contributed by atoms with Crippen LogP contribution < -0.4 is 5.32 Å². The molecule has 1 aromatic heterocycles. The number of nitrogens with one attached hydrogen (secondary N) is 1.